The number of hydrogen-bond donors (Lipinski definition) is 4. The first-order valence-corrected chi connectivity index (χ1v) is 20.8. The van der Waals surface area contributed by atoms with Crippen LogP contribution in [0.4, 0.5) is 5.82 Å². The first-order valence-electron chi connectivity index (χ1n) is 16.6. The van der Waals surface area contributed by atoms with Gasteiger partial charge in [-0.15, -0.1) is 9.42 Å². The number of aryl methyl sites for hydroxylation is 1. The Bertz CT molecular complexity index is 2270. The van der Waals surface area contributed by atoms with Crippen molar-refractivity contribution in [2.45, 2.75) is 57.6 Å². The number of ether oxygens (including phenoxy) is 2. The number of amides is 1. The standard InChI is InChI=1S/C32H36N8O10P2S/c1-16-22(48-32(25(16)49-51(44)45)40-15-35-23-28(40)36-18(3)37-30(23)43)13-46-52(4,53)50-24-17(2)31(47-21(24)12-41)39-11-10-20-26(33-14-34-27(20)39)38-29(42)19-8-6-5-7-9-19/h5-11,14-17,21-22,24-25,31-32,41H,12-13H2,1-4H3,(H2-,33,34,36,37,38,42,43,44,45)/p+1/t16-,17?,21+,22+,24+,25?,31+,32+,52?/m0/s1. The molecule has 2 aliphatic rings. The normalized spacial score (nSPS) is 27.3. The molecule has 1 aromatic carbocycles. The third-order valence-corrected chi connectivity index (χ3v) is 11.6. The fourth-order valence-electron chi connectivity index (χ4n) is 6.76. The fourth-order valence-corrected chi connectivity index (χ4v) is 8.99. The maximum absolute atomic E-state index is 12.9. The minimum absolute atomic E-state index is 0.0565. The van der Waals surface area contributed by atoms with Crippen LogP contribution in [0.15, 0.2) is 60.0 Å². The molecule has 5 aromatic rings. The van der Waals surface area contributed by atoms with Crippen molar-refractivity contribution >= 4 is 60.5 Å². The van der Waals surface area contributed by atoms with Crippen LogP contribution >= 0.6 is 14.7 Å². The maximum atomic E-state index is 12.9. The van der Waals surface area contributed by atoms with Gasteiger partial charge in [0.05, 0.1) is 31.0 Å². The number of carbonyl (C=O) groups is 1. The van der Waals surface area contributed by atoms with Gasteiger partial charge in [-0.3, -0.25) is 14.2 Å². The van der Waals surface area contributed by atoms with E-state index in [2.05, 4.69) is 30.2 Å². The van der Waals surface area contributed by atoms with Crippen LogP contribution in [0.2, 0.25) is 0 Å². The Morgan fingerprint density at radius 2 is 1.81 bits per heavy atom. The molecular weight excluding hydrogens is 750 g/mol. The summed E-state index contributed by atoms with van der Waals surface area (Å²) in [5.74, 6) is -0.443. The summed E-state index contributed by atoms with van der Waals surface area (Å²) in [6, 6.07) is 10.6. The molecule has 2 aliphatic heterocycles. The van der Waals surface area contributed by atoms with Crippen LogP contribution in [0.5, 0.6) is 0 Å². The highest BCUT2D eigenvalue weighted by Crippen LogP contribution is 2.52. The van der Waals surface area contributed by atoms with E-state index in [0.717, 1.165) is 0 Å². The SMILES string of the molecule is Cc1nc2c(ncn2[C@@H]2O[C@H](COP(C)(=S)O[C@@H]3C(C)[C@H](n4ccc5c(NC(=O)c6ccccc6)ncnc54)O[C@@H]3CO)[C@H](C)C2O[P+](=O)O)c(=O)[nH]1. The third-order valence-electron chi connectivity index (χ3n) is 9.40. The molecule has 0 radical (unpaired) electrons. The molecule has 0 bridgehead atoms. The number of H-pyrrole nitrogens is 1. The average Bonchev–Trinajstić information content (AvgIpc) is 3.89. The van der Waals surface area contributed by atoms with Crippen molar-refractivity contribution in [3.05, 3.63) is 77.0 Å². The minimum Gasteiger partial charge on any atom is -0.394 e. The lowest BCUT2D eigenvalue weighted by Gasteiger charge is -2.28. The number of benzene rings is 1. The highest BCUT2D eigenvalue weighted by Gasteiger charge is 2.50. The average molecular weight is 788 g/mol. The number of carbonyl (C=O) groups excluding carboxylic acids is 1. The summed E-state index contributed by atoms with van der Waals surface area (Å²) in [5.41, 5.74) is 0.863. The van der Waals surface area contributed by atoms with E-state index < -0.39 is 63.1 Å². The Kier molecular flexibility index (Phi) is 10.7. The molecule has 18 nitrogen and oxygen atoms in total. The molecule has 2 fully saturated rings. The third kappa shape index (κ3) is 7.47. The van der Waals surface area contributed by atoms with Gasteiger partial charge in [0.15, 0.2) is 30.0 Å². The molecule has 21 heteroatoms. The van der Waals surface area contributed by atoms with E-state index in [4.69, 9.17) is 34.9 Å². The van der Waals surface area contributed by atoms with E-state index in [1.165, 1.54) is 17.2 Å². The van der Waals surface area contributed by atoms with E-state index in [1.807, 2.05) is 13.0 Å². The second-order valence-electron chi connectivity index (χ2n) is 13.0. The number of rotatable bonds is 12. The molecule has 0 saturated carbocycles. The fraction of sp³-hybridized carbons (Fsp3) is 0.438. The second-order valence-corrected chi connectivity index (χ2v) is 17.6. The van der Waals surface area contributed by atoms with Gasteiger partial charge < -0.3 is 38.5 Å². The molecule has 0 aliphatic carbocycles. The number of fused-ring (bicyclic) bond motifs is 2. The van der Waals surface area contributed by atoms with Gasteiger partial charge in [0.1, 0.15) is 42.1 Å². The van der Waals surface area contributed by atoms with Crippen LogP contribution in [-0.4, -0.2) is 94.3 Å². The number of hydrogen-bond acceptors (Lipinski definition) is 14. The zero-order chi connectivity index (χ0) is 37.6. The van der Waals surface area contributed by atoms with Crippen LogP contribution < -0.4 is 10.9 Å². The number of nitrogens with zero attached hydrogens (tertiary/aromatic N) is 6. The molecule has 53 heavy (non-hydrogen) atoms. The van der Waals surface area contributed by atoms with E-state index in [9.17, 15) is 24.2 Å². The summed E-state index contributed by atoms with van der Waals surface area (Å²) in [4.78, 5) is 54.9. The minimum atomic E-state index is -3.04. The van der Waals surface area contributed by atoms with Crippen LogP contribution in [0.25, 0.3) is 22.2 Å². The van der Waals surface area contributed by atoms with Crippen molar-refractivity contribution < 1.29 is 42.4 Å². The lowest BCUT2D eigenvalue weighted by atomic mass is 10.0. The van der Waals surface area contributed by atoms with Crippen molar-refractivity contribution in [3.8, 4) is 0 Å². The molecule has 10 atom stereocenters. The Balaban J connectivity index is 1.05. The molecular formula is C32H37N8O10P2S+. The van der Waals surface area contributed by atoms with Gasteiger partial charge in [-0.25, -0.2) is 19.9 Å². The monoisotopic (exact) mass is 787 g/mol. The number of nitrogens with one attached hydrogen (secondary N) is 2. The number of aromatic amines is 1. The van der Waals surface area contributed by atoms with Crippen molar-refractivity contribution in [1.29, 1.82) is 0 Å². The van der Waals surface area contributed by atoms with Crippen LogP contribution in [0, 0.1) is 18.8 Å². The number of aliphatic hydroxyl groups excluding tert-OH is 1. The van der Waals surface area contributed by atoms with Crippen molar-refractivity contribution in [3.63, 3.8) is 0 Å². The predicted molar refractivity (Wildman–Crippen MR) is 194 cm³/mol. The zero-order valence-electron chi connectivity index (χ0n) is 28.9. The van der Waals surface area contributed by atoms with Crippen LogP contribution in [0.3, 0.4) is 0 Å². The highest BCUT2D eigenvalue weighted by molar-refractivity contribution is 8.09. The summed E-state index contributed by atoms with van der Waals surface area (Å²) < 4.78 is 45.8. The largest absolute Gasteiger partial charge is 0.695 e. The lowest BCUT2D eigenvalue weighted by molar-refractivity contribution is -0.0474. The van der Waals surface area contributed by atoms with Gasteiger partial charge in [0.25, 0.3) is 11.5 Å². The molecule has 7 rings (SSSR count). The van der Waals surface area contributed by atoms with Gasteiger partial charge in [-0.1, -0.05) is 32.0 Å². The Labute approximate surface area is 308 Å². The summed E-state index contributed by atoms with van der Waals surface area (Å²) >= 11 is 5.85. The first kappa shape index (κ1) is 37.4. The molecule has 280 valence electrons. The van der Waals surface area contributed by atoms with E-state index >= 15 is 0 Å². The Morgan fingerprint density at radius 1 is 1.06 bits per heavy atom. The molecule has 0 spiro atoms. The predicted octanol–water partition coefficient (Wildman–Crippen LogP) is 3.56. The van der Waals surface area contributed by atoms with Gasteiger partial charge in [-0.2, -0.15) is 0 Å². The Hall–Kier alpha value is -3.87. The van der Waals surface area contributed by atoms with Crippen LogP contribution in [-0.2, 0) is 39.4 Å². The van der Waals surface area contributed by atoms with Crippen LogP contribution in [0.1, 0.15) is 42.5 Å². The Morgan fingerprint density at radius 3 is 2.55 bits per heavy atom. The van der Waals surface area contributed by atoms with E-state index in [0.29, 0.717) is 28.2 Å². The van der Waals surface area contributed by atoms with E-state index in [-0.39, 0.29) is 36.2 Å². The molecule has 6 heterocycles. The van der Waals surface area contributed by atoms with Gasteiger partial charge in [-0.05, 0) is 36.9 Å². The van der Waals surface area contributed by atoms with Crippen molar-refractivity contribution in [1.82, 2.24) is 34.1 Å². The lowest BCUT2D eigenvalue weighted by Crippen LogP contribution is -2.31. The van der Waals surface area contributed by atoms with Gasteiger partial charge in [0, 0.05) is 34.8 Å². The number of imidazole rings is 1. The molecule has 1 amide bonds. The second kappa shape index (κ2) is 15.1. The van der Waals surface area contributed by atoms with Gasteiger partial charge in [0.2, 0.25) is 0 Å². The summed E-state index contributed by atoms with van der Waals surface area (Å²) in [7, 11) is -3.01. The molecule has 2 saturated heterocycles. The summed E-state index contributed by atoms with van der Waals surface area (Å²) in [6.07, 6.45) is -0.114. The smallest absolute Gasteiger partial charge is 0.394 e. The molecule has 4 aromatic heterocycles. The van der Waals surface area contributed by atoms with Crippen molar-refractivity contribution in [2.24, 2.45) is 11.8 Å². The molecule has 4 unspecified atom stereocenters. The maximum Gasteiger partial charge on any atom is 0.695 e. The topological polar surface area (TPSA) is 227 Å². The van der Waals surface area contributed by atoms with Gasteiger partial charge >= 0.3 is 8.25 Å². The molecule has 4 N–H and O–H groups in total. The van der Waals surface area contributed by atoms with E-state index in [1.54, 1.807) is 61.6 Å². The van der Waals surface area contributed by atoms with Crippen molar-refractivity contribution in [2.75, 3.05) is 25.2 Å². The number of anilines is 1. The number of aliphatic hydroxyl groups is 1. The summed E-state index contributed by atoms with van der Waals surface area (Å²) in [6.45, 7) is 3.53. The quantitative estimate of drug-likeness (QED) is 0.133. The highest BCUT2D eigenvalue weighted by atomic mass is 32.5. The first-order chi connectivity index (χ1) is 25.3. The zero-order valence-corrected chi connectivity index (χ0v) is 31.5. The summed E-state index contributed by atoms with van der Waals surface area (Å²) in [5, 5.41) is 13.8. The number of aromatic nitrogens is 7.